The van der Waals surface area contributed by atoms with Crippen LogP contribution in [0.15, 0.2) is 48.2 Å². The fourth-order valence-corrected chi connectivity index (χ4v) is 2.32. The van der Waals surface area contributed by atoms with Crippen LogP contribution in [0.5, 0.6) is 5.75 Å². The first-order valence-electron chi connectivity index (χ1n) is 7.53. The van der Waals surface area contributed by atoms with Crippen molar-refractivity contribution in [3.63, 3.8) is 0 Å². The van der Waals surface area contributed by atoms with E-state index >= 15 is 0 Å². The molecule has 6 heteroatoms. The van der Waals surface area contributed by atoms with Gasteiger partial charge in [0.05, 0.1) is 12.8 Å². The largest absolute Gasteiger partial charge is 0.495 e. The van der Waals surface area contributed by atoms with Crippen LogP contribution in [0.4, 0.5) is 11.4 Å². The summed E-state index contributed by atoms with van der Waals surface area (Å²) >= 11 is 6.07. The van der Waals surface area contributed by atoms with E-state index in [0.29, 0.717) is 22.1 Å². The lowest BCUT2D eigenvalue weighted by Gasteiger charge is -2.11. The lowest BCUT2D eigenvalue weighted by molar-refractivity contribution is -0.112. The number of hydrogen-bond donors (Lipinski definition) is 2. The molecule has 0 saturated carbocycles. The second kappa shape index (κ2) is 8.22. The molecule has 0 atom stereocenters. The van der Waals surface area contributed by atoms with Gasteiger partial charge in [-0.25, -0.2) is 0 Å². The van der Waals surface area contributed by atoms with Crippen LogP contribution in [-0.4, -0.2) is 13.0 Å². The van der Waals surface area contributed by atoms with Crippen molar-refractivity contribution in [1.82, 2.24) is 0 Å². The number of nitrogens with one attached hydrogen (secondary N) is 2. The number of halogens is 1. The van der Waals surface area contributed by atoms with Gasteiger partial charge in [0, 0.05) is 23.0 Å². The summed E-state index contributed by atoms with van der Waals surface area (Å²) in [7, 11) is 1.52. The van der Waals surface area contributed by atoms with Crippen molar-refractivity contribution in [2.45, 2.75) is 13.8 Å². The van der Waals surface area contributed by atoms with Crippen LogP contribution in [0.1, 0.15) is 11.1 Å². The summed E-state index contributed by atoms with van der Waals surface area (Å²) in [6, 6.07) is 12.7. The molecule has 0 bridgehead atoms. The molecule has 0 radical (unpaired) electrons. The first-order chi connectivity index (χ1) is 11.9. The molecule has 0 spiro atoms. The summed E-state index contributed by atoms with van der Waals surface area (Å²) in [5.74, 6) is 0.0217. The molecular weight excluding hydrogens is 338 g/mol. The zero-order valence-corrected chi connectivity index (χ0v) is 14.9. The Kier molecular flexibility index (Phi) is 6.04. The van der Waals surface area contributed by atoms with E-state index in [1.165, 1.54) is 13.3 Å². The van der Waals surface area contributed by atoms with E-state index in [9.17, 15) is 10.1 Å². The molecule has 0 saturated heterocycles. The van der Waals surface area contributed by atoms with Gasteiger partial charge in [-0.15, -0.1) is 0 Å². The van der Waals surface area contributed by atoms with Crippen LogP contribution >= 0.6 is 11.6 Å². The molecule has 2 rings (SSSR count). The third kappa shape index (κ3) is 4.75. The monoisotopic (exact) mass is 355 g/mol. The summed E-state index contributed by atoms with van der Waals surface area (Å²) in [4.78, 5) is 12.3. The fraction of sp³-hybridized carbons (Fsp3) is 0.158. The first-order valence-corrected chi connectivity index (χ1v) is 7.91. The van der Waals surface area contributed by atoms with Gasteiger partial charge >= 0.3 is 0 Å². The predicted molar refractivity (Wildman–Crippen MR) is 99.9 cm³/mol. The SMILES string of the molecule is COc1cc(Cl)c(C)cc1N/C=C(/C#N)C(=O)Nc1cccc(C)c1. The lowest BCUT2D eigenvalue weighted by Crippen LogP contribution is -2.14. The number of carbonyl (C=O) groups excluding carboxylic acids is 1. The number of benzene rings is 2. The number of carbonyl (C=O) groups is 1. The van der Waals surface area contributed by atoms with Gasteiger partial charge in [0.25, 0.3) is 5.91 Å². The number of hydrogen-bond acceptors (Lipinski definition) is 4. The van der Waals surface area contributed by atoms with E-state index in [1.54, 1.807) is 18.2 Å². The number of aryl methyl sites for hydroxylation is 2. The van der Waals surface area contributed by atoms with Crippen molar-refractivity contribution in [2.24, 2.45) is 0 Å². The molecule has 1 amide bonds. The van der Waals surface area contributed by atoms with Crippen molar-refractivity contribution in [3.05, 3.63) is 64.3 Å². The molecule has 0 heterocycles. The van der Waals surface area contributed by atoms with Crippen LogP contribution in [0.25, 0.3) is 0 Å². The smallest absolute Gasteiger partial charge is 0.267 e. The molecule has 2 N–H and O–H groups in total. The minimum atomic E-state index is -0.495. The molecule has 25 heavy (non-hydrogen) atoms. The molecule has 0 aromatic heterocycles. The number of nitrogens with zero attached hydrogens (tertiary/aromatic N) is 1. The average Bonchev–Trinajstić information content (AvgIpc) is 2.58. The first kappa shape index (κ1) is 18.4. The number of methoxy groups -OCH3 is 1. The van der Waals surface area contributed by atoms with Crippen molar-refractivity contribution in [1.29, 1.82) is 5.26 Å². The molecule has 0 aliphatic rings. The Morgan fingerprint density at radius 1 is 1.28 bits per heavy atom. The van der Waals surface area contributed by atoms with Gasteiger partial charge < -0.3 is 15.4 Å². The highest BCUT2D eigenvalue weighted by molar-refractivity contribution is 6.31. The van der Waals surface area contributed by atoms with Crippen molar-refractivity contribution >= 4 is 28.9 Å². The summed E-state index contributed by atoms with van der Waals surface area (Å²) in [6.45, 7) is 3.78. The van der Waals surface area contributed by atoms with E-state index in [2.05, 4.69) is 10.6 Å². The number of amides is 1. The van der Waals surface area contributed by atoms with Crippen LogP contribution in [0, 0.1) is 25.2 Å². The highest BCUT2D eigenvalue weighted by Gasteiger charge is 2.11. The van der Waals surface area contributed by atoms with E-state index < -0.39 is 5.91 Å². The molecule has 2 aromatic carbocycles. The molecule has 0 aliphatic carbocycles. The highest BCUT2D eigenvalue weighted by Crippen LogP contribution is 2.31. The van der Waals surface area contributed by atoms with Gasteiger partial charge in [0.2, 0.25) is 0 Å². The number of rotatable bonds is 5. The highest BCUT2D eigenvalue weighted by atomic mass is 35.5. The Morgan fingerprint density at radius 2 is 2.04 bits per heavy atom. The van der Waals surface area contributed by atoms with E-state index in [1.807, 2.05) is 38.1 Å². The number of nitriles is 1. The minimum absolute atomic E-state index is 0.0591. The maximum absolute atomic E-state index is 12.3. The standard InChI is InChI=1S/C19H18ClN3O2/c1-12-5-4-6-15(7-12)23-19(24)14(10-21)11-22-17-8-13(2)16(20)9-18(17)25-3/h4-9,11,22H,1-3H3,(H,23,24)/b14-11-. The summed E-state index contributed by atoms with van der Waals surface area (Å²) < 4.78 is 5.26. The Balaban J connectivity index is 2.19. The van der Waals surface area contributed by atoms with Gasteiger partial charge in [-0.1, -0.05) is 23.7 Å². The number of anilines is 2. The Bertz CT molecular complexity index is 869. The zero-order valence-electron chi connectivity index (χ0n) is 14.2. The topological polar surface area (TPSA) is 74.1 Å². The van der Waals surface area contributed by atoms with Crippen molar-refractivity contribution < 1.29 is 9.53 Å². The third-order valence-electron chi connectivity index (χ3n) is 3.49. The molecule has 0 fully saturated rings. The van der Waals surface area contributed by atoms with Crippen molar-refractivity contribution in [3.8, 4) is 11.8 Å². The van der Waals surface area contributed by atoms with E-state index in [4.69, 9.17) is 16.3 Å². The van der Waals surface area contributed by atoms with Crippen molar-refractivity contribution in [2.75, 3.05) is 17.7 Å². The van der Waals surface area contributed by atoms with Gasteiger partial charge in [-0.2, -0.15) is 5.26 Å². The molecule has 128 valence electrons. The maximum atomic E-state index is 12.3. The van der Waals surface area contributed by atoms with Gasteiger partial charge in [-0.05, 0) is 43.2 Å². The fourth-order valence-electron chi connectivity index (χ4n) is 2.16. The third-order valence-corrected chi connectivity index (χ3v) is 3.90. The van der Waals surface area contributed by atoms with Gasteiger partial charge in [0.15, 0.2) is 0 Å². The molecule has 0 aliphatic heterocycles. The van der Waals surface area contributed by atoms with Gasteiger partial charge in [0.1, 0.15) is 17.4 Å². The van der Waals surface area contributed by atoms with Crippen LogP contribution < -0.4 is 15.4 Å². The number of ether oxygens (including phenoxy) is 1. The van der Waals surface area contributed by atoms with Gasteiger partial charge in [-0.3, -0.25) is 4.79 Å². The minimum Gasteiger partial charge on any atom is -0.495 e. The lowest BCUT2D eigenvalue weighted by atomic mass is 10.2. The molecular formula is C19H18ClN3O2. The summed E-state index contributed by atoms with van der Waals surface area (Å²) in [5, 5.41) is 15.5. The summed E-state index contributed by atoms with van der Waals surface area (Å²) in [6.07, 6.45) is 1.34. The average molecular weight is 356 g/mol. The Hall–Kier alpha value is -2.97. The maximum Gasteiger partial charge on any atom is 0.267 e. The quantitative estimate of drug-likeness (QED) is 0.615. The second-order valence-corrected chi connectivity index (χ2v) is 5.85. The normalized spacial score (nSPS) is 10.8. The predicted octanol–water partition coefficient (Wildman–Crippen LogP) is 4.42. The van der Waals surface area contributed by atoms with E-state index in [0.717, 1.165) is 11.1 Å². The zero-order chi connectivity index (χ0) is 18.4. The molecule has 0 unspecified atom stereocenters. The van der Waals surface area contributed by atoms with E-state index in [-0.39, 0.29) is 5.57 Å². The van der Waals surface area contributed by atoms with Crippen LogP contribution in [0.3, 0.4) is 0 Å². The molecule has 2 aromatic rings. The Labute approximate surface area is 151 Å². The Morgan fingerprint density at radius 3 is 2.68 bits per heavy atom. The second-order valence-electron chi connectivity index (χ2n) is 5.44. The van der Waals surface area contributed by atoms with Crippen LogP contribution in [-0.2, 0) is 4.79 Å². The molecule has 5 nitrogen and oxygen atoms in total. The summed E-state index contributed by atoms with van der Waals surface area (Å²) in [5.41, 5.74) is 3.05. The van der Waals surface area contributed by atoms with Crippen LogP contribution in [0.2, 0.25) is 5.02 Å².